The number of carbonyl (C=O) groups is 1. The predicted molar refractivity (Wildman–Crippen MR) is 79.2 cm³/mol. The number of hydrogen-bond acceptors (Lipinski definition) is 5. The standard InChI is InChI=1S/C14H21N3O2S/c1-10-2-3-11-12(8-10)20-14(15-11)16-13(18)9-17-4-6-19-7-5-17/h10H,2-9H2,1H3,(H,15,16,18)/t10-/m1/s1. The molecule has 0 radical (unpaired) electrons. The molecule has 1 amide bonds. The molecule has 1 atom stereocenters. The second kappa shape index (κ2) is 6.20. The van der Waals surface area contributed by atoms with Gasteiger partial charge in [-0.1, -0.05) is 6.92 Å². The lowest BCUT2D eigenvalue weighted by molar-refractivity contribution is -0.118. The van der Waals surface area contributed by atoms with E-state index in [0.29, 0.717) is 6.54 Å². The van der Waals surface area contributed by atoms with E-state index >= 15 is 0 Å². The molecule has 2 heterocycles. The highest BCUT2D eigenvalue weighted by atomic mass is 32.1. The summed E-state index contributed by atoms with van der Waals surface area (Å²) >= 11 is 1.64. The van der Waals surface area contributed by atoms with Crippen molar-refractivity contribution in [3.63, 3.8) is 0 Å². The number of anilines is 1. The number of ether oxygens (including phenoxy) is 1. The van der Waals surface area contributed by atoms with Crippen LogP contribution in [0.15, 0.2) is 0 Å². The lowest BCUT2D eigenvalue weighted by Crippen LogP contribution is -2.41. The zero-order valence-electron chi connectivity index (χ0n) is 11.9. The number of fused-ring (bicyclic) bond motifs is 1. The minimum atomic E-state index is 0.0334. The highest BCUT2D eigenvalue weighted by Gasteiger charge is 2.21. The van der Waals surface area contributed by atoms with E-state index in [1.54, 1.807) is 11.3 Å². The monoisotopic (exact) mass is 295 g/mol. The van der Waals surface area contributed by atoms with Gasteiger partial charge in [-0.25, -0.2) is 4.98 Å². The van der Waals surface area contributed by atoms with E-state index in [1.165, 1.54) is 17.0 Å². The van der Waals surface area contributed by atoms with Gasteiger partial charge < -0.3 is 10.1 Å². The molecule has 1 aromatic rings. The van der Waals surface area contributed by atoms with Crippen LogP contribution >= 0.6 is 11.3 Å². The van der Waals surface area contributed by atoms with E-state index < -0.39 is 0 Å². The first-order valence-electron chi connectivity index (χ1n) is 7.29. The van der Waals surface area contributed by atoms with Crippen molar-refractivity contribution < 1.29 is 9.53 Å². The number of thiazole rings is 1. The first-order chi connectivity index (χ1) is 9.70. The second-order valence-electron chi connectivity index (χ2n) is 5.67. The number of rotatable bonds is 3. The Hall–Kier alpha value is -0.980. The molecule has 1 fully saturated rings. The average molecular weight is 295 g/mol. The predicted octanol–water partition coefficient (Wildman–Crippen LogP) is 1.54. The quantitative estimate of drug-likeness (QED) is 0.919. The van der Waals surface area contributed by atoms with Gasteiger partial charge in [0.2, 0.25) is 5.91 Å². The van der Waals surface area contributed by atoms with Crippen LogP contribution in [0.5, 0.6) is 0 Å². The van der Waals surface area contributed by atoms with Crippen LogP contribution in [0, 0.1) is 5.92 Å². The molecule has 1 aliphatic heterocycles. The third-order valence-electron chi connectivity index (χ3n) is 3.90. The summed E-state index contributed by atoms with van der Waals surface area (Å²) in [7, 11) is 0. The molecule has 1 N–H and O–H groups in total. The number of nitrogens with one attached hydrogen (secondary N) is 1. The SMILES string of the molecule is C[C@@H]1CCc2nc(NC(=O)CN3CCOCC3)sc2C1. The molecule has 0 unspecified atom stereocenters. The van der Waals surface area contributed by atoms with Crippen LogP contribution in [0.1, 0.15) is 23.9 Å². The van der Waals surface area contributed by atoms with Crippen LogP contribution in [0.25, 0.3) is 0 Å². The smallest absolute Gasteiger partial charge is 0.240 e. The molecule has 0 bridgehead atoms. The summed E-state index contributed by atoms with van der Waals surface area (Å²) in [5.41, 5.74) is 1.19. The molecule has 1 saturated heterocycles. The molecule has 5 nitrogen and oxygen atoms in total. The molecule has 0 saturated carbocycles. The van der Waals surface area contributed by atoms with Crippen LogP contribution in [-0.2, 0) is 22.4 Å². The van der Waals surface area contributed by atoms with Crippen molar-refractivity contribution in [2.24, 2.45) is 5.92 Å². The maximum Gasteiger partial charge on any atom is 0.240 e. The van der Waals surface area contributed by atoms with Gasteiger partial charge in [-0.05, 0) is 25.2 Å². The van der Waals surface area contributed by atoms with Gasteiger partial charge in [-0.3, -0.25) is 9.69 Å². The van der Waals surface area contributed by atoms with Crippen LogP contribution < -0.4 is 5.32 Å². The first-order valence-corrected chi connectivity index (χ1v) is 8.11. The van der Waals surface area contributed by atoms with E-state index in [4.69, 9.17) is 4.74 Å². The molecule has 20 heavy (non-hydrogen) atoms. The van der Waals surface area contributed by atoms with Crippen molar-refractivity contribution in [2.75, 3.05) is 38.2 Å². The summed E-state index contributed by atoms with van der Waals surface area (Å²) in [4.78, 5) is 20.1. The van der Waals surface area contributed by atoms with Crippen molar-refractivity contribution >= 4 is 22.4 Å². The van der Waals surface area contributed by atoms with E-state index in [2.05, 4.69) is 22.1 Å². The van der Waals surface area contributed by atoms with Gasteiger partial charge in [0, 0.05) is 18.0 Å². The lowest BCUT2D eigenvalue weighted by atomic mass is 9.93. The van der Waals surface area contributed by atoms with Crippen molar-refractivity contribution in [3.8, 4) is 0 Å². The highest BCUT2D eigenvalue weighted by molar-refractivity contribution is 7.15. The zero-order valence-corrected chi connectivity index (χ0v) is 12.7. The van der Waals surface area contributed by atoms with Gasteiger partial charge in [0.1, 0.15) is 0 Å². The first kappa shape index (κ1) is 14.0. The van der Waals surface area contributed by atoms with Crippen LogP contribution in [0.2, 0.25) is 0 Å². The number of amides is 1. The fourth-order valence-electron chi connectivity index (χ4n) is 2.71. The molecule has 110 valence electrons. The summed E-state index contributed by atoms with van der Waals surface area (Å²) in [6, 6.07) is 0. The Balaban J connectivity index is 1.56. The molecule has 0 aromatic carbocycles. The van der Waals surface area contributed by atoms with Gasteiger partial charge in [0.25, 0.3) is 0 Å². The largest absolute Gasteiger partial charge is 0.379 e. The third kappa shape index (κ3) is 3.37. The maximum absolute atomic E-state index is 12.0. The van der Waals surface area contributed by atoms with Crippen molar-refractivity contribution in [3.05, 3.63) is 10.6 Å². The second-order valence-corrected chi connectivity index (χ2v) is 6.76. The van der Waals surface area contributed by atoms with Crippen LogP contribution in [0.4, 0.5) is 5.13 Å². The van der Waals surface area contributed by atoms with Crippen molar-refractivity contribution in [1.29, 1.82) is 0 Å². The van der Waals surface area contributed by atoms with Crippen LogP contribution in [-0.4, -0.2) is 48.6 Å². The lowest BCUT2D eigenvalue weighted by Gasteiger charge is -2.25. The normalized spacial score (nSPS) is 23.4. The topological polar surface area (TPSA) is 54.5 Å². The van der Waals surface area contributed by atoms with Gasteiger partial charge in [-0.2, -0.15) is 0 Å². The number of hydrogen-bond donors (Lipinski definition) is 1. The van der Waals surface area contributed by atoms with Crippen molar-refractivity contribution in [1.82, 2.24) is 9.88 Å². The van der Waals surface area contributed by atoms with Gasteiger partial charge in [0.15, 0.2) is 5.13 Å². The zero-order chi connectivity index (χ0) is 13.9. The van der Waals surface area contributed by atoms with E-state index in [0.717, 1.165) is 50.2 Å². The van der Waals surface area contributed by atoms with E-state index in [1.807, 2.05) is 0 Å². The maximum atomic E-state index is 12.0. The third-order valence-corrected chi connectivity index (χ3v) is 4.94. The minimum Gasteiger partial charge on any atom is -0.379 e. The summed E-state index contributed by atoms with van der Waals surface area (Å²) in [5.74, 6) is 0.769. The Morgan fingerprint density at radius 3 is 3.10 bits per heavy atom. The molecule has 2 aliphatic rings. The highest BCUT2D eigenvalue weighted by Crippen LogP contribution is 2.31. The Bertz CT molecular complexity index is 483. The van der Waals surface area contributed by atoms with Crippen molar-refractivity contribution in [2.45, 2.75) is 26.2 Å². The Morgan fingerprint density at radius 1 is 1.50 bits per heavy atom. The Kier molecular flexibility index (Phi) is 4.33. The number of morpholine rings is 1. The van der Waals surface area contributed by atoms with Gasteiger partial charge >= 0.3 is 0 Å². The van der Waals surface area contributed by atoms with Gasteiger partial charge in [-0.15, -0.1) is 11.3 Å². The molecule has 3 rings (SSSR count). The summed E-state index contributed by atoms with van der Waals surface area (Å²) in [5, 5.41) is 3.71. The fourth-order valence-corrected chi connectivity index (χ4v) is 3.90. The molecule has 6 heteroatoms. The number of aryl methyl sites for hydroxylation is 1. The summed E-state index contributed by atoms with van der Waals surface area (Å²) in [6.45, 7) is 5.81. The molecular formula is C14H21N3O2S. The van der Waals surface area contributed by atoms with Crippen LogP contribution in [0.3, 0.4) is 0 Å². The van der Waals surface area contributed by atoms with Gasteiger partial charge in [0.05, 0.1) is 25.5 Å². The summed E-state index contributed by atoms with van der Waals surface area (Å²) in [6.07, 6.45) is 3.36. The minimum absolute atomic E-state index is 0.0334. The molecule has 0 spiro atoms. The number of carbonyl (C=O) groups excluding carboxylic acids is 1. The Labute approximate surface area is 123 Å². The summed E-state index contributed by atoms with van der Waals surface area (Å²) < 4.78 is 5.28. The Morgan fingerprint density at radius 2 is 2.30 bits per heavy atom. The fraction of sp³-hybridized carbons (Fsp3) is 0.714. The average Bonchev–Trinajstić information content (AvgIpc) is 2.80. The number of nitrogens with zero attached hydrogens (tertiary/aromatic N) is 2. The molecular weight excluding hydrogens is 274 g/mol. The molecule has 1 aromatic heterocycles. The van der Waals surface area contributed by atoms with E-state index in [9.17, 15) is 4.79 Å². The molecule has 1 aliphatic carbocycles. The number of aromatic nitrogens is 1. The van der Waals surface area contributed by atoms with E-state index in [-0.39, 0.29) is 5.91 Å².